The van der Waals surface area contributed by atoms with Crippen LogP contribution in [0.1, 0.15) is 48.5 Å². The fourth-order valence-electron chi connectivity index (χ4n) is 1.74. The zero-order valence-corrected chi connectivity index (χ0v) is 16.5. The van der Waals surface area contributed by atoms with Gasteiger partial charge in [-0.25, -0.2) is 9.59 Å². The van der Waals surface area contributed by atoms with E-state index >= 15 is 0 Å². The number of rotatable bonds is 8. The Hall–Kier alpha value is -1.54. The van der Waals surface area contributed by atoms with Crippen LogP contribution in [0, 0.1) is 0 Å². The van der Waals surface area contributed by atoms with Crippen molar-refractivity contribution in [1.29, 1.82) is 0 Å². The predicted molar refractivity (Wildman–Crippen MR) is 92.5 cm³/mol. The maximum absolute atomic E-state index is 11.5. The molecular weight excluding hydrogens is 330 g/mol. The van der Waals surface area contributed by atoms with Crippen LogP contribution in [0.4, 0.5) is 9.59 Å². The molecule has 0 aliphatic heterocycles. The SMILES string of the molecule is CC(O)CN(CCOC(=O)OC(C)(C)C)CCOC(=O)OC(C)(C)C. The topological polar surface area (TPSA) is 94.5 Å². The van der Waals surface area contributed by atoms with Gasteiger partial charge in [0.2, 0.25) is 0 Å². The average molecular weight is 363 g/mol. The molecule has 148 valence electrons. The first-order valence-corrected chi connectivity index (χ1v) is 8.40. The number of nitrogens with zero attached hydrogens (tertiary/aromatic N) is 1. The lowest BCUT2D eigenvalue weighted by Gasteiger charge is -2.24. The molecule has 0 aromatic carbocycles. The molecular formula is C17H33NO7. The first-order chi connectivity index (χ1) is 11.3. The number of hydrogen-bond acceptors (Lipinski definition) is 8. The van der Waals surface area contributed by atoms with Crippen molar-refractivity contribution < 1.29 is 33.6 Å². The summed E-state index contributed by atoms with van der Waals surface area (Å²) in [6.45, 7) is 13.5. The molecule has 1 atom stereocenters. The van der Waals surface area contributed by atoms with E-state index < -0.39 is 29.6 Å². The summed E-state index contributed by atoms with van der Waals surface area (Å²) in [5.74, 6) is 0. The molecule has 0 amide bonds. The van der Waals surface area contributed by atoms with Crippen molar-refractivity contribution in [2.45, 2.75) is 65.8 Å². The van der Waals surface area contributed by atoms with E-state index in [9.17, 15) is 14.7 Å². The fourth-order valence-corrected chi connectivity index (χ4v) is 1.74. The van der Waals surface area contributed by atoms with Crippen molar-refractivity contribution >= 4 is 12.3 Å². The van der Waals surface area contributed by atoms with Crippen molar-refractivity contribution in [3.05, 3.63) is 0 Å². The minimum Gasteiger partial charge on any atom is -0.433 e. The summed E-state index contributed by atoms with van der Waals surface area (Å²) in [6, 6.07) is 0. The third kappa shape index (κ3) is 15.7. The van der Waals surface area contributed by atoms with Crippen LogP contribution in [0.5, 0.6) is 0 Å². The molecule has 0 saturated carbocycles. The zero-order chi connectivity index (χ0) is 19.7. The van der Waals surface area contributed by atoms with E-state index in [0.717, 1.165) is 0 Å². The van der Waals surface area contributed by atoms with Crippen LogP contribution in [0.3, 0.4) is 0 Å². The molecule has 0 aromatic heterocycles. The Balaban J connectivity index is 4.20. The summed E-state index contributed by atoms with van der Waals surface area (Å²) < 4.78 is 20.1. The van der Waals surface area contributed by atoms with Crippen molar-refractivity contribution in [2.75, 3.05) is 32.8 Å². The lowest BCUT2D eigenvalue weighted by molar-refractivity contribution is -0.0172. The van der Waals surface area contributed by atoms with E-state index in [0.29, 0.717) is 19.6 Å². The second-order valence-electron chi connectivity index (χ2n) is 7.78. The number of carbonyl (C=O) groups is 2. The van der Waals surface area contributed by atoms with Crippen molar-refractivity contribution in [3.63, 3.8) is 0 Å². The second kappa shape index (κ2) is 10.5. The fraction of sp³-hybridized carbons (Fsp3) is 0.882. The highest BCUT2D eigenvalue weighted by molar-refractivity contribution is 5.60. The minimum absolute atomic E-state index is 0.105. The van der Waals surface area contributed by atoms with E-state index in [1.165, 1.54) is 0 Å². The Kier molecular flexibility index (Phi) is 9.81. The molecule has 0 aromatic rings. The number of ether oxygens (including phenoxy) is 4. The van der Waals surface area contributed by atoms with E-state index in [1.54, 1.807) is 48.5 Å². The van der Waals surface area contributed by atoms with E-state index in [1.807, 2.05) is 4.90 Å². The average Bonchev–Trinajstić information content (AvgIpc) is 2.33. The third-order valence-corrected chi connectivity index (χ3v) is 2.56. The minimum atomic E-state index is -0.741. The lowest BCUT2D eigenvalue weighted by Crippen LogP contribution is -2.37. The van der Waals surface area contributed by atoms with Crippen LogP contribution in [0.25, 0.3) is 0 Å². The van der Waals surface area contributed by atoms with Gasteiger partial charge in [0.1, 0.15) is 24.4 Å². The van der Waals surface area contributed by atoms with Gasteiger partial charge in [0.25, 0.3) is 0 Å². The van der Waals surface area contributed by atoms with Crippen LogP contribution in [0.15, 0.2) is 0 Å². The van der Waals surface area contributed by atoms with Crippen LogP contribution < -0.4 is 0 Å². The quantitative estimate of drug-likeness (QED) is 0.658. The van der Waals surface area contributed by atoms with Crippen molar-refractivity contribution in [1.82, 2.24) is 4.90 Å². The maximum Gasteiger partial charge on any atom is 0.508 e. The Morgan fingerprint density at radius 2 is 1.24 bits per heavy atom. The molecule has 0 rings (SSSR count). The van der Waals surface area contributed by atoms with Crippen LogP contribution in [-0.2, 0) is 18.9 Å². The van der Waals surface area contributed by atoms with Gasteiger partial charge in [-0.3, -0.25) is 4.90 Å². The largest absolute Gasteiger partial charge is 0.508 e. The molecule has 0 radical (unpaired) electrons. The molecule has 8 nitrogen and oxygen atoms in total. The predicted octanol–water partition coefficient (Wildman–Crippen LogP) is 2.57. The summed E-state index contributed by atoms with van der Waals surface area (Å²) in [7, 11) is 0. The first-order valence-electron chi connectivity index (χ1n) is 8.40. The maximum atomic E-state index is 11.5. The van der Waals surface area contributed by atoms with Gasteiger partial charge >= 0.3 is 12.3 Å². The van der Waals surface area contributed by atoms with Gasteiger partial charge in [-0.05, 0) is 48.5 Å². The molecule has 0 saturated heterocycles. The summed E-state index contributed by atoms with van der Waals surface area (Å²) in [6.07, 6.45) is -2.05. The van der Waals surface area contributed by atoms with Gasteiger partial charge in [-0.2, -0.15) is 0 Å². The van der Waals surface area contributed by atoms with Crippen molar-refractivity contribution in [2.24, 2.45) is 0 Å². The zero-order valence-electron chi connectivity index (χ0n) is 16.5. The Morgan fingerprint density at radius 3 is 1.52 bits per heavy atom. The number of hydrogen-bond donors (Lipinski definition) is 1. The van der Waals surface area contributed by atoms with E-state index in [4.69, 9.17) is 18.9 Å². The molecule has 0 heterocycles. The van der Waals surface area contributed by atoms with Gasteiger partial charge in [0, 0.05) is 19.6 Å². The highest BCUT2D eigenvalue weighted by atomic mass is 16.7. The Bertz CT molecular complexity index is 376. The van der Waals surface area contributed by atoms with E-state index in [2.05, 4.69) is 0 Å². The van der Waals surface area contributed by atoms with Gasteiger partial charge in [0.05, 0.1) is 6.10 Å². The highest BCUT2D eigenvalue weighted by Crippen LogP contribution is 2.09. The normalized spacial score (nSPS) is 13.3. The number of aliphatic hydroxyl groups is 1. The number of aliphatic hydroxyl groups excluding tert-OH is 1. The lowest BCUT2D eigenvalue weighted by atomic mass is 10.2. The molecule has 0 fully saturated rings. The molecule has 0 aliphatic rings. The Morgan fingerprint density at radius 1 is 0.880 bits per heavy atom. The molecule has 8 heteroatoms. The number of carbonyl (C=O) groups excluding carboxylic acids is 2. The molecule has 0 bridgehead atoms. The van der Waals surface area contributed by atoms with Gasteiger partial charge < -0.3 is 24.1 Å². The molecule has 0 aliphatic carbocycles. The smallest absolute Gasteiger partial charge is 0.433 e. The highest BCUT2D eigenvalue weighted by Gasteiger charge is 2.19. The summed E-state index contributed by atoms with van der Waals surface area (Å²) in [5, 5.41) is 9.54. The Labute approximate surface area is 150 Å². The van der Waals surface area contributed by atoms with Crippen LogP contribution in [-0.4, -0.2) is 72.5 Å². The molecule has 1 unspecified atom stereocenters. The molecule has 25 heavy (non-hydrogen) atoms. The first kappa shape index (κ1) is 23.5. The standard InChI is InChI=1S/C17H33NO7/c1-13(19)12-18(8-10-22-14(20)24-16(2,3)4)9-11-23-15(21)25-17(5,6)7/h13,19H,8-12H2,1-7H3. The molecule has 0 spiro atoms. The van der Waals surface area contributed by atoms with Crippen LogP contribution >= 0.6 is 0 Å². The summed E-state index contributed by atoms with van der Waals surface area (Å²) >= 11 is 0. The van der Waals surface area contributed by atoms with Gasteiger partial charge in [-0.1, -0.05) is 0 Å². The van der Waals surface area contributed by atoms with Gasteiger partial charge in [-0.15, -0.1) is 0 Å². The summed E-state index contributed by atoms with van der Waals surface area (Å²) in [4.78, 5) is 24.8. The third-order valence-electron chi connectivity index (χ3n) is 2.56. The molecule has 1 N–H and O–H groups in total. The van der Waals surface area contributed by atoms with Crippen LogP contribution in [0.2, 0.25) is 0 Å². The summed E-state index contributed by atoms with van der Waals surface area (Å²) in [5.41, 5.74) is -1.23. The second-order valence-corrected chi connectivity index (χ2v) is 7.78. The monoisotopic (exact) mass is 363 g/mol. The van der Waals surface area contributed by atoms with E-state index in [-0.39, 0.29) is 13.2 Å². The van der Waals surface area contributed by atoms with Gasteiger partial charge in [0.15, 0.2) is 0 Å². The van der Waals surface area contributed by atoms with Crippen molar-refractivity contribution in [3.8, 4) is 0 Å².